The van der Waals surface area contributed by atoms with Crippen LogP contribution in [0.2, 0.25) is 0 Å². The highest BCUT2D eigenvalue weighted by Gasteiger charge is 2.21. The standard InChI is InChI=1S/C8H10N2O3/c1-6(12)7(5-9)8(13)10-3-2-4-11/h4,7H,2-3H2,1H3,(H,10,13)/t7-/m0/s1. The third kappa shape index (κ3) is 4.01. The van der Waals surface area contributed by atoms with Crippen molar-refractivity contribution in [3.8, 4) is 6.07 Å². The molecule has 5 nitrogen and oxygen atoms in total. The number of hydrogen-bond donors (Lipinski definition) is 1. The van der Waals surface area contributed by atoms with Gasteiger partial charge < -0.3 is 10.1 Å². The monoisotopic (exact) mass is 182 g/mol. The van der Waals surface area contributed by atoms with Gasteiger partial charge in [0.1, 0.15) is 6.29 Å². The number of aldehydes is 1. The summed E-state index contributed by atoms with van der Waals surface area (Å²) in [6, 6.07) is 1.58. The smallest absolute Gasteiger partial charge is 0.244 e. The van der Waals surface area contributed by atoms with Gasteiger partial charge in [-0.15, -0.1) is 0 Å². The van der Waals surface area contributed by atoms with Crippen molar-refractivity contribution in [2.24, 2.45) is 5.92 Å². The number of nitrogens with zero attached hydrogens (tertiary/aromatic N) is 1. The molecule has 0 rings (SSSR count). The van der Waals surface area contributed by atoms with Gasteiger partial charge in [0.15, 0.2) is 11.7 Å². The van der Waals surface area contributed by atoms with Crippen molar-refractivity contribution >= 4 is 18.0 Å². The SMILES string of the molecule is CC(=O)[C@H](C#N)C(=O)NCCC=O. The van der Waals surface area contributed by atoms with Gasteiger partial charge in [-0.25, -0.2) is 0 Å². The zero-order valence-corrected chi connectivity index (χ0v) is 7.24. The molecule has 0 saturated carbocycles. The second kappa shape index (κ2) is 5.89. The molecule has 0 radical (unpaired) electrons. The Hall–Kier alpha value is -1.70. The molecule has 0 saturated heterocycles. The maximum atomic E-state index is 11.0. The van der Waals surface area contributed by atoms with Gasteiger partial charge in [0.05, 0.1) is 6.07 Å². The van der Waals surface area contributed by atoms with Gasteiger partial charge in [-0.05, 0) is 6.92 Å². The normalized spacial score (nSPS) is 11.1. The van der Waals surface area contributed by atoms with Crippen LogP contribution in [0.15, 0.2) is 0 Å². The van der Waals surface area contributed by atoms with Crippen LogP contribution < -0.4 is 5.32 Å². The molecule has 0 aromatic carbocycles. The van der Waals surface area contributed by atoms with Gasteiger partial charge in [-0.3, -0.25) is 9.59 Å². The first-order chi connectivity index (χ1) is 6.13. The second-order valence-electron chi connectivity index (χ2n) is 2.42. The highest BCUT2D eigenvalue weighted by molar-refractivity contribution is 6.02. The van der Waals surface area contributed by atoms with Crippen LogP contribution in [-0.2, 0) is 14.4 Å². The van der Waals surface area contributed by atoms with E-state index < -0.39 is 17.6 Å². The molecule has 0 aromatic heterocycles. The molecule has 1 amide bonds. The van der Waals surface area contributed by atoms with E-state index in [1.807, 2.05) is 0 Å². The van der Waals surface area contributed by atoms with E-state index in [4.69, 9.17) is 5.26 Å². The van der Waals surface area contributed by atoms with Crippen molar-refractivity contribution in [3.63, 3.8) is 0 Å². The van der Waals surface area contributed by atoms with E-state index in [0.29, 0.717) is 6.29 Å². The van der Waals surface area contributed by atoms with Crippen LogP contribution in [0.5, 0.6) is 0 Å². The Morgan fingerprint density at radius 1 is 1.62 bits per heavy atom. The molecule has 1 N–H and O–H groups in total. The number of hydrogen-bond acceptors (Lipinski definition) is 4. The third-order valence-corrected chi connectivity index (χ3v) is 1.36. The van der Waals surface area contributed by atoms with Gasteiger partial charge in [0, 0.05) is 13.0 Å². The molecular weight excluding hydrogens is 172 g/mol. The lowest BCUT2D eigenvalue weighted by Crippen LogP contribution is -2.34. The van der Waals surface area contributed by atoms with Crippen LogP contribution in [0.25, 0.3) is 0 Å². The molecule has 13 heavy (non-hydrogen) atoms. The van der Waals surface area contributed by atoms with Crippen molar-refractivity contribution in [2.45, 2.75) is 13.3 Å². The van der Waals surface area contributed by atoms with E-state index in [2.05, 4.69) is 5.32 Å². The van der Waals surface area contributed by atoms with E-state index in [1.165, 1.54) is 6.92 Å². The zero-order chi connectivity index (χ0) is 10.3. The Kier molecular flexibility index (Phi) is 5.12. The number of rotatable bonds is 5. The summed E-state index contributed by atoms with van der Waals surface area (Å²) in [7, 11) is 0. The average molecular weight is 182 g/mol. The van der Waals surface area contributed by atoms with Crippen LogP contribution in [0.3, 0.4) is 0 Å². The van der Waals surface area contributed by atoms with Crippen molar-refractivity contribution in [2.75, 3.05) is 6.54 Å². The van der Waals surface area contributed by atoms with Crippen molar-refractivity contribution < 1.29 is 14.4 Å². The van der Waals surface area contributed by atoms with E-state index in [1.54, 1.807) is 6.07 Å². The fraction of sp³-hybridized carbons (Fsp3) is 0.500. The summed E-state index contributed by atoms with van der Waals surface area (Å²) in [6.07, 6.45) is 0.831. The molecule has 0 bridgehead atoms. The summed E-state index contributed by atoms with van der Waals surface area (Å²) < 4.78 is 0. The molecule has 0 heterocycles. The second-order valence-corrected chi connectivity index (χ2v) is 2.42. The minimum atomic E-state index is -1.26. The zero-order valence-electron chi connectivity index (χ0n) is 7.24. The van der Waals surface area contributed by atoms with Gasteiger partial charge in [0.25, 0.3) is 0 Å². The molecule has 0 unspecified atom stereocenters. The Bertz CT molecular complexity index is 255. The number of nitriles is 1. The molecule has 5 heteroatoms. The van der Waals surface area contributed by atoms with E-state index in [0.717, 1.165) is 0 Å². The predicted octanol–water partition coefficient (Wildman–Crippen LogP) is -0.580. The van der Waals surface area contributed by atoms with Crippen LogP contribution in [0.4, 0.5) is 0 Å². The average Bonchev–Trinajstić information content (AvgIpc) is 2.05. The lowest BCUT2D eigenvalue weighted by Gasteiger charge is -2.04. The summed E-state index contributed by atoms with van der Waals surface area (Å²) in [5.41, 5.74) is 0. The number of amides is 1. The van der Waals surface area contributed by atoms with Crippen LogP contribution in [-0.4, -0.2) is 24.5 Å². The lowest BCUT2D eigenvalue weighted by molar-refractivity contribution is -0.130. The number of carbonyl (C=O) groups excluding carboxylic acids is 3. The molecule has 0 spiro atoms. The number of carbonyl (C=O) groups is 3. The lowest BCUT2D eigenvalue weighted by atomic mass is 10.1. The van der Waals surface area contributed by atoms with Crippen LogP contribution >= 0.6 is 0 Å². The number of ketones is 1. The van der Waals surface area contributed by atoms with Crippen LogP contribution in [0, 0.1) is 17.2 Å². The molecular formula is C8H10N2O3. The summed E-state index contributed by atoms with van der Waals surface area (Å²) >= 11 is 0. The minimum Gasteiger partial charge on any atom is -0.354 e. The van der Waals surface area contributed by atoms with Crippen LogP contribution in [0.1, 0.15) is 13.3 Å². The summed E-state index contributed by atoms with van der Waals surface area (Å²) in [5.74, 6) is -2.39. The van der Waals surface area contributed by atoms with E-state index >= 15 is 0 Å². The maximum absolute atomic E-state index is 11.0. The highest BCUT2D eigenvalue weighted by atomic mass is 16.2. The van der Waals surface area contributed by atoms with E-state index in [-0.39, 0.29) is 13.0 Å². The third-order valence-electron chi connectivity index (χ3n) is 1.36. The fourth-order valence-corrected chi connectivity index (χ4v) is 0.690. The predicted molar refractivity (Wildman–Crippen MR) is 43.5 cm³/mol. The van der Waals surface area contributed by atoms with Crippen molar-refractivity contribution in [1.82, 2.24) is 5.32 Å². The topological polar surface area (TPSA) is 87.0 Å². The molecule has 0 aliphatic heterocycles. The Morgan fingerprint density at radius 3 is 2.62 bits per heavy atom. The Balaban J connectivity index is 4.01. The Labute approximate surface area is 75.7 Å². The molecule has 0 aliphatic carbocycles. The highest BCUT2D eigenvalue weighted by Crippen LogP contribution is 1.95. The Morgan fingerprint density at radius 2 is 2.23 bits per heavy atom. The first kappa shape index (κ1) is 11.3. The molecule has 0 fully saturated rings. The van der Waals surface area contributed by atoms with Gasteiger partial charge in [-0.2, -0.15) is 5.26 Å². The number of Topliss-reactive ketones (excluding diaryl/α,β-unsaturated/α-hetero) is 1. The fourth-order valence-electron chi connectivity index (χ4n) is 0.690. The molecule has 70 valence electrons. The molecule has 1 atom stereocenters. The van der Waals surface area contributed by atoms with Crippen molar-refractivity contribution in [1.29, 1.82) is 5.26 Å². The van der Waals surface area contributed by atoms with Gasteiger partial charge >= 0.3 is 0 Å². The van der Waals surface area contributed by atoms with E-state index in [9.17, 15) is 14.4 Å². The number of nitrogens with one attached hydrogen (secondary N) is 1. The van der Waals surface area contributed by atoms with Gasteiger partial charge in [-0.1, -0.05) is 0 Å². The summed E-state index contributed by atoms with van der Waals surface area (Å²) in [6.45, 7) is 1.33. The maximum Gasteiger partial charge on any atom is 0.244 e. The summed E-state index contributed by atoms with van der Waals surface area (Å²) in [4.78, 5) is 31.6. The quantitative estimate of drug-likeness (QED) is 0.350. The first-order valence-electron chi connectivity index (χ1n) is 3.75. The summed E-state index contributed by atoms with van der Waals surface area (Å²) in [5, 5.41) is 10.7. The largest absolute Gasteiger partial charge is 0.354 e. The molecule has 0 aromatic rings. The molecule has 0 aliphatic rings. The first-order valence-corrected chi connectivity index (χ1v) is 3.75. The van der Waals surface area contributed by atoms with Crippen molar-refractivity contribution in [3.05, 3.63) is 0 Å². The minimum absolute atomic E-state index is 0.161. The van der Waals surface area contributed by atoms with Gasteiger partial charge in [0.2, 0.25) is 5.91 Å².